The molecule has 3 aromatic carbocycles. The second-order valence-corrected chi connectivity index (χ2v) is 9.54. The number of thioether (sulfide) groups is 2. The highest BCUT2D eigenvalue weighted by molar-refractivity contribution is 7.99. The molecule has 0 aliphatic heterocycles. The summed E-state index contributed by atoms with van der Waals surface area (Å²) in [6, 6.07) is 20.1. The summed E-state index contributed by atoms with van der Waals surface area (Å²) < 4.78 is 10.7. The van der Waals surface area contributed by atoms with Gasteiger partial charge in [-0.05, 0) is 60.5 Å². The molecule has 0 aromatic heterocycles. The smallest absolute Gasteiger partial charge is 0.179 e. The van der Waals surface area contributed by atoms with Crippen LogP contribution in [0.15, 0.2) is 75.4 Å². The van der Waals surface area contributed by atoms with Crippen LogP contribution < -0.4 is 15.2 Å². The van der Waals surface area contributed by atoms with Gasteiger partial charge in [0.15, 0.2) is 12.4 Å². The third kappa shape index (κ3) is 8.64. The number of benzene rings is 3. The van der Waals surface area contributed by atoms with Crippen molar-refractivity contribution in [3.63, 3.8) is 0 Å². The molecule has 1 atom stereocenters. The predicted molar refractivity (Wildman–Crippen MR) is 146 cm³/mol. The SMILES string of the molecule is C=Nc1cc(OC)c(Cl)cc1SCN.CCSc1ccc(C(C=O)Oc2ccc(C#N)cc2)cc1. The highest BCUT2D eigenvalue weighted by atomic mass is 35.5. The number of carbonyl (C=O) groups excluding carboxylic acids is 1. The maximum absolute atomic E-state index is 11.3. The Balaban J connectivity index is 0.000000269. The van der Waals surface area contributed by atoms with E-state index >= 15 is 0 Å². The molecule has 0 saturated carbocycles. The van der Waals surface area contributed by atoms with Crippen molar-refractivity contribution in [2.45, 2.75) is 22.8 Å². The van der Waals surface area contributed by atoms with Crippen LogP contribution in [0.1, 0.15) is 24.2 Å². The van der Waals surface area contributed by atoms with Crippen LogP contribution in [0.3, 0.4) is 0 Å². The number of rotatable bonds is 10. The van der Waals surface area contributed by atoms with Gasteiger partial charge in [0.25, 0.3) is 0 Å². The van der Waals surface area contributed by atoms with Crippen LogP contribution in [0.4, 0.5) is 5.69 Å². The zero-order valence-corrected chi connectivity index (χ0v) is 21.8. The van der Waals surface area contributed by atoms with E-state index in [-0.39, 0.29) is 0 Å². The van der Waals surface area contributed by atoms with Crippen molar-refractivity contribution in [3.05, 3.63) is 76.8 Å². The number of nitriles is 1. The Hall–Kier alpha value is -2.96. The lowest BCUT2D eigenvalue weighted by molar-refractivity contribution is -0.113. The first-order chi connectivity index (χ1) is 17.0. The van der Waals surface area contributed by atoms with E-state index in [2.05, 4.69) is 18.6 Å². The van der Waals surface area contributed by atoms with Crippen LogP contribution >= 0.6 is 35.1 Å². The Bertz CT molecular complexity index is 1150. The highest BCUT2D eigenvalue weighted by Crippen LogP contribution is 2.37. The molecule has 1 unspecified atom stereocenters. The summed E-state index contributed by atoms with van der Waals surface area (Å²) in [7, 11) is 1.56. The number of methoxy groups -OCH3 is 1. The van der Waals surface area contributed by atoms with E-state index in [1.807, 2.05) is 30.3 Å². The zero-order valence-electron chi connectivity index (χ0n) is 19.4. The number of carbonyl (C=O) groups is 1. The fourth-order valence-electron chi connectivity index (χ4n) is 2.86. The molecule has 0 aliphatic rings. The van der Waals surface area contributed by atoms with E-state index in [4.69, 9.17) is 32.1 Å². The molecular weight excluding hydrogens is 502 g/mol. The number of aliphatic imine (C=N–C) groups is 1. The molecule has 182 valence electrons. The first-order valence-corrected chi connectivity index (χ1v) is 12.9. The molecule has 3 aromatic rings. The van der Waals surface area contributed by atoms with Crippen molar-refractivity contribution in [2.24, 2.45) is 10.7 Å². The molecule has 0 amide bonds. The van der Waals surface area contributed by atoms with E-state index in [1.54, 1.807) is 55.3 Å². The lowest BCUT2D eigenvalue weighted by atomic mass is 10.1. The van der Waals surface area contributed by atoms with Gasteiger partial charge >= 0.3 is 0 Å². The predicted octanol–water partition coefficient (Wildman–Crippen LogP) is 6.68. The second kappa shape index (κ2) is 15.1. The molecule has 3 rings (SSSR count). The van der Waals surface area contributed by atoms with Crippen LogP contribution in [-0.4, -0.2) is 31.7 Å². The van der Waals surface area contributed by atoms with Crippen molar-refractivity contribution in [3.8, 4) is 17.6 Å². The second-order valence-electron chi connectivity index (χ2n) is 6.74. The largest absolute Gasteiger partial charge is 0.495 e. The Labute approximate surface area is 219 Å². The summed E-state index contributed by atoms with van der Waals surface area (Å²) in [5.41, 5.74) is 7.54. The number of ether oxygens (including phenoxy) is 2. The van der Waals surface area contributed by atoms with E-state index in [9.17, 15) is 4.79 Å². The average Bonchev–Trinajstić information content (AvgIpc) is 2.89. The number of hydrogen-bond acceptors (Lipinski definition) is 8. The molecule has 0 bridgehead atoms. The number of aldehydes is 1. The summed E-state index contributed by atoms with van der Waals surface area (Å²) in [5, 5.41) is 9.31. The third-order valence-electron chi connectivity index (χ3n) is 4.53. The first-order valence-electron chi connectivity index (χ1n) is 10.5. The molecule has 0 aliphatic carbocycles. The van der Waals surface area contributed by atoms with Gasteiger partial charge in [-0.15, -0.1) is 23.5 Å². The third-order valence-corrected chi connectivity index (χ3v) is 6.53. The normalized spacial score (nSPS) is 10.8. The summed E-state index contributed by atoms with van der Waals surface area (Å²) >= 11 is 9.17. The number of nitrogens with zero attached hydrogens (tertiary/aromatic N) is 2. The Morgan fingerprint density at radius 3 is 2.37 bits per heavy atom. The van der Waals surface area contributed by atoms with Gasteiger partial charge in [0.05, 0.1) is 29.5 Å². The quantitative estimate of drug-likeness (QED) is 0.136. The van der Waals surface area contributed by atoms with Gasteiger partial charge in [0.1, 0.15) is 11.5 Å². The molecule has 0 fully saturated rings. The number of halogens is 1. The van der Waals surface area contributed by atoms with Crippen molar-refractivity contribution >= 4 is 53.8 Å². The molecule has 2 N–H and O–H groups in total. The Morgan fingerprint density at radius 1 is 1.17 bits per heavy atom. The molecule has 0 saturated heterocycles. The van der Waals surface area contributed by atoms with Crippen molar-refractivity contribution in [1.82, 2.24) is 0 Å². The van der Waals surface area contributed by atoms with Crippen LogP contribution in [0.2, 0.25) is 5.02 Å². The van der Waals surface area contributed by atoms with E-state index in [0.717, 1.165) is 28.2 Å². The Morgan fingerprint density at radius 2 is 1.86 bits per heavy atom. The maximum atomic E-state index is 11.3. The van der Waals surface area contributed by atoms with Gasteiger partial charge in [0, 0.05) is 21.7 Å². The summed E-state index contributed by atoms with van der Waals surface area (Å²) in [6.45, 7) is 5.57. The molecule has 35 heavy (non-hydrogen) atoms. The van der Waals surface area contributed by atoms with Crippen LogP contribution in [0.25, 0.3) is 0 Å². The van der Waals surface area contributed by atoms with Crippen LogP contribution in [-0.2, 0) is 4.79 Å². The van der Waals surface area contributed by atoms with Crippen molar-refractivity contribution in [2.75, 3.05) is 18.7 Å². The van der Waals surface area contributed by atoms with Gasteiger partial charge < -0.3 is 15.2 Å². The molecule has 6 nitrogen and oxygen atoms in total. The summed E-state index contributed by atoms with van der Waals surface area (Å²) in [6.07, 6.45) is 0.138. The average molecular weight is 528 g/mol. The molecule has 9 heteroatoms. The van der Waals surface area contributed by atoms with Crippen molar-refractivity contribution < 1.29 is 14.3 Å². The lowest BCUT2D eigenvalue weighted by Crippen LogP contribution is -2.08. The van der Waals surface area contributed by atoms with Gasteiger partial charge in [-0.2, -0.15) is 5.26 Å². The standard InChI is InChI=1S/C17H15NO2S.C9H11ClN2OS/c1-2-21-16-9-5-14(6-10-16)17(12-19)20-15-7-3-13(11-18)4-8-15;1-12-7-4-8(13-2)6(10)3-9(7)14-5-11/h3-10,12,17H,2H2,1H3;3-4H,1,5,11H2,2H3. The fraction of sp³-hybridized carbons (Fsp3) is 0.192. The molecule has 0 spiro atoms. The molecular formula is C26H26ClN3O3S2. The summed E-state index contributed by atoms with van der Waals surface area (Å²) in [5.74, 6) is 2.65. The minimum absolute atomic E-state index is 0.477. The number of nitrogens with two attached hydrogens (primary N) is 1. The van der Waals surface area contributed by atoms with Gasteiger partial charge in [-0.3, -0.25) is 9.79 Å². The van der Waals surface area contributed by atoms with Crippen LogP contribution in [0.5, 0.6) is 11.5 Å². The molecule has 0 radical (unpaired) electrons. The topological polar surface area (TPSA) is 97.7 Å². The Kier molecular flexibility index (Phi) is 12.2. The monoisotopic (exact) mass is 527 g/mol. The summed E-state index contributed by atoms with van der Waals surface area (Å²) in [4.78, 5) is 17.2. The van der Waals surface area contributed by atoms with Gasteiger partial charge in [0.2, 0.25) is 0 Å². The first kappa shape index (κ1) is 28.3. The minimum atomic E-state index is -0.640. The number of hydrogen-bond donors (Lipinski definition) is 1. The van der Waals surface area contributed by atoms with Gasteiger partial charge in [-0.1, -0.05) is 30.7 Å². The highest BCUT2D eigenvalue weighted by Gasteiger charge is 2.12. The van der Waals surface area contributed by atoms with E-state index in [1.165, 1.54) is 16.7 Å². The zero-order chi connectivity index (χ0) is 25.6. The van der Waals surface area contributed by atoms with Crippen LogP contribution in [0, 0.1) is 11.3 Å². The fourth-order valence-corrected chi connectivity index (χ4v) is 4.48. The van der Waals surface area contributed by atoms with Crippen molar-refractivity contribution in [1.29, 1.82) is 5.26 Å². The lowest BCUT2D eigenvalue weighted by Gasteiger charge is -2.14. The van der Waals surface area contributed by atoms with Gasteiger partial charge in [-0.25, -0.2) is 0 Å². The maximum Gasteiger partial charge on any atom is 0.179 e. The van der Waals surface area contributed by atoms with E-state index in [0.29, 0.717) is 28.0 Å². The minimum Gasteiger partial charge on any atom is -0.495 e. The van der Waals surface area contributed by atoms with E-state index < -0.39 is 6.10 Å². The molecule has 0 heterocycles.